The van der Waals surface area contributed by atoms with E-state index in [1.165, 1.54) is 6.26 Å². The minimum atomic E-state index is -0.427. The molecule has 0 amide bonds. The van der Waals surface area contributed by atoms with E-state index >= 15 is 0 Å². The number of furan rings is 1. The molecule has 2 rings (SSSR count). The van der Waals surface area contributed by atoms with Gasteiger partial charge in [-0.1, -0.05) is 6.07 Å². The molecule has 0 aliphatic heterocycles. The third kappa shape index (κ3) is 2.03. The molecule has 0 atom stereocenters. The number of ether oxygens (including phenoxy) is 1. The molecule has 0 unspecified atom stereocenters. The lowest BCUT2D eigenvalue weighted by Gasteiger charge is -1.99. The highest BCUT2D eigenvalue weighted by Crippen LogP contribution is 2.11. The molecule has 4 heteroatoms. The summed E-state index contributed by atoms with van der Waals surface area (Å²) < 4.78 is 9.90. The Balaban J connectivity index is 1.90. The summed E-state index contributed by atoms with van der Waals surface area (Å²) in [5.41, 5.74) is 0. The van der Waals surface area contributed by atoms with E-state index in [4.69, 9.17) is 9.15 Å². The van der Waals surface area contributed by atoms with Crippen LogP contribution < -0.4 is 0 Å². The van der Waals surface area contributed by atoms with Crippen molar-refractivity contribution in [3.8, 4) is 0 Å². The SMILES string of the molecule is O=C(OCc1cccs1)c1ccco1. The molecule has 14 heavy (non-hydrogen) atoms. The van der Waals surface area contributed by atoms with Gasteiger partial charge in [0, 0.05) is 4.88 Å². The van der Waals surface area contributed by atoms with Crippen molar-refractivity contribution in [2.24, 2.45) is 0 Å². The van der Waals surface area contributed by atoms with Crippen LogP contribution in [-0.4, -0.2) is 5.97 Å². The quantitative estimate of drug-likeness (QED) is 0.728. The molecule has 0 bridgehead atoms. The van der Waals surface area contributed by atoms with E-state index in [9.17, 15) is 4.79 Å². The summed E-state index contributed by atoms with van der Waals surface area (Å²) in [6.45, 7) is 0.303. The topological polar surface area (TPSA) is 39.4 Å². The van der Waals surface area contributed by atoms with Gasteiger partial charge in [0.05, 0.1) is 6.26 Å². The Bertz CT molecular complexity index is 389. The maximum atomic E-state index is 11.3. The number of rotatable bonds is 3. The monoisotopic (exact) mass is 208 g/mol. The molecule has 0 radical (unpaired) electrons. The standard InChI is InChI=1S/C10H8O3S/c11-10(9-4-1-5-12-9)13-7-8-3-2-6-14-8/h1-6H,7H2. The van der Waals surface area contributed by atoms with Gasteiger partial charge >= 0.3 is 5.97 Å². The zero-order valence-corrected chi connectivity index (χ0v) is 8.12. The van der Waals surface area contributed by atoms with Crippen LogP contribution in [-0.2, 0) is 11.3 Å². The van der Waals surface area contributed by atoms with Crippen LogP contribution in [0, 0.1) is 0 Å². The van der Waals surface area contributed by atoms with Crippen LogP contribution in [0.1, 0.15) is 15.4 Å². The van der Waals surface area contributed by atoms with Crippen LogP contribution in [0.4, 0.5) is 0 Å². The van der Waals surface area contributed by atoms with Crippen molar-refractivity contribution in [1.29, 1.82) is 0 Å². The fourth-order valence-electron chi connectivity index (χ4n) is 0.997. The summed E-state index contributed by atoms with van der Waals surface area (Å²) in [4.78, 5) is 12.3. The van der Waals surface area contributed by atoms with Gasteiger partial charge in [0.2, 0.25) is 5.76 Å². The van der Waals surface area contributed by atoms with Gasteiger partial charge in [-0.2, -0.15) is 0 Å². The minimum absolute atomic E-state index is 0.238. The molecule has 2 heterocycles. The van der Waals surface area contributed by atoms with Crippen molar-refractivity contribution >= 4 is 17.3 Å². The predicted octanol–water partition coefficient (Wildman–Crippen LogP) is 2.70. The molecule has 0 saturated heterocycles. The van der Waals surface area contributed by atoms with E-state index in [1.54, 1.807) is 23.5 Å². The van der Waals surface area contributed by atoms with Crippen LogP contribution in [0.25, 0.3) is 0 Å². The number of thiophene rings is 1. The highest BCUT2D eigenvalue weighted by Gasteiger charge is 2.09. The Hall–Kier alpha value is -1.55. The molecule has 72 valence electrons. The van der Waals surface area contributed by atoms with Crippen LogP contribution in [0.3, 0.4) is 0 Å². The predicted molar refractivity (Wildman–Crippen MR) is 52.1 cm³/mol. The van der Waals surface area contributed by atoms with Crippen molar-refractivity contribution < 1.29 is 13.9 Å². The Morgan fingerprint density at radius 2 is 2.36 bits per heavy atom. The van der Waals surface area contributed by atoms with E-state index in [1.807, 2.05) is 17.5 Å². The highest BCUT2D eigenvalue weighted by atomic mass is 32.1. The van der Waals surface area contributed by atoms with E-state index in [0.29, 0.717) is 6.61 Å². The maximum Gasteiger partial charge on any atom is 0.374 e. The van der Waals surface area contributed by atoms with Crippen LogP contribution >= 0.6 is 11.3 Å². The van der Waals surface area contributed by atoms with Gasteiger partial charge in [0.25, 0.3) is 0 Å². The molecule has 0 saturated carbocycles. The second-order valence-electron chi connectivity index (χ2n) is 2.63. The van der Waals surface area contributed by atoms with Gasteiger partial charge in [0.1, 0.15) is 6.61 Å². The zero-order valence-electron chi connectivity index (χ0n) is 7.30. The summed E-state index contributed by atoms with van der Waals surface area (Å²) in [7, 11) is 0. The average Bonchev–Trinajstić information content (AvgIpc) is 2.87. The van der Waals surface area contributed by atoms with Gasteiger partial charge in [-0.05, 0) is 23.6 Å². The average molecular weight is 208 g/mol. The molecule has 0 N–H and O–H groups in total. The number of hydrogen-bond acceptors (Lipinski definition) is 4. The van der Waals surface area contributed by atoms with Gasteiger partial charge in [-0.15, -0.1) is 11.3 Å². The first-order valence-electron chi connectivity index (χ1n) is 4.09. The number of esters is 1. The Morgan fingerprint density at radius 3 is 3.00 bits per heavy atom. The van der Waals surface area contributed by atoms with E-state index in [0.717, 1.165) is 4.88 Å². The molecule has 0 fully saturated rings. The van der Waals surface area contributed by atoms with Crippen LogP contribution in [0.15, 0.2) is 40.3 Å². The molecule has 0 spiro atoms. The molecule has 0 aliphatic carbocycles. The first-order chi connectivity index (χ1) is 6.86. The molecule has 2 aromatic rings. The van der Waals surface area contributed by atoms with Crippen molar-refractivity contribution in [2.45, 2.75) is 6.61 Å². The number of carbonyl (C=O) groups is 1. The Morgan fingerprint density at radius 1 is 1.43 bits per heavy atom. The highest BCUT2D eigenvalue weighted by molar-refractivity contribution is 7.09. The van der Waals surface area contributed by atoms with E-state index in [2.05, 4.69) is 0 Å². The summed E-state index contributed by atoms with van der Waals surface area (Å²) in [5, 5.41) is 1.94. The lowest BCUT2D eigenvalue weighted by molar-refractivity contribution is 0.0440. The fraction of sp³-hybridized carbons (Fsp3) is 0.100. The third-order valence-corrected chi connectivity index (χ3v) is 2.50. The molecule has 3 nitrogen and oxygen atoms in total. The van der Waals surface area contributed by atoms with Gasteiger partial charge in [-0.25, -0.2) is 4.79 Å². The lowest BCUT2D eigenvalue weighted by Crippen LogP contribution is -2.02. The number of hydrogen-bond donors (Lipinski definition) is 0. The summed E-state index contributed by atoms with van der Waals surface area (Å²) in [6.07, 6.45) is 1.45. The summed E-state index contributed by atoms with van der Waals surface area (Å²) in [6, 6.07) is 7.07. The van der Waals surface area contributed by atoms with Crippen molar-refractivity contribution in [2.75, 3.05) is 0 Å². The first-order valence-corrected chi connectivity index (χ1v) is 4.97. The van der Waals surface area contributed by atoms with Gasteiger partial charge in [0.15, 0.2) is 0 Å². The lowest BCUT2D eigenvalue weighted by atomic mass is 10.4. The van der Waals surface area contributed by atoms with Gasteiger partial charge in [-0.3, -0.25) is 0 Å². The normalized spacial score (nSPS) is 10.0. The number of carbonyl (C=O) groups excluding carboxylic acids is 1. The summed E-state index contributed by atoms with van der Waals surface area (Å²) >= 11 is 1.55. The van der Waals surface area contributed by atoms with Crippen molar-refractivity contribution in [1.82, 2.24) is 0 Å². The van der Waals surface area contributed by atoms with Crippen molar-refractivity contribution in [3.05, 3.63) is 46.5 Å². The van der Waals surface area contributed by atoms with Crippen LogP contribution in [0.2, 0.25) is 0 Å². The largest absolute Gasteiger partial charge is 0.457 e. The molecule has 2 aromatic heterocycles. The third-order valence-electron chi connectivity index (χ3n) is 1.65. The zero-order chi connectivity index (χ0) is 9.80. The second-order valence-corrected chi connectivity index (χ2v) is 3.67. The smallest absolute Gasteiger partial charge is 0.374 e. The molecule has 0 aliphatic rings. The Labute approximate surface area is 84.9 Å². The fourth-order valence-corrected chi connectivity index (χ4v) is 1.61. The minimum Gasteiger partial charge on any atom is -0.457 e. The van der Waals surface area contributed by atoms with Crippen LogP contribution in [0.5, 0.6) is 0 Å². The van der Waals surface area contributed by atoms with Gasteiger partial charge < -0.3 is 9.15 Å². The van der Waals surface area contributed by atoms with E-state index < -0.39 is 5.97 Å². The molecular formula is C10H8O3S. The summed E-state index contributed by atoms with van der Waals surface area (Å²) in [5.74, 6) is -0.190. The maximum absolute atomic E-state index is 11.3. The first kappa shape index (κ1) is 9.02. The molecular weight excluding hydrogens is 200 g/mol. The molecule has 0 aromatic carbocycles. The van der Waals surface area contributed by atoms with E-state index in [-0.39, 0.29) is 5.76 Å². The van der Waals surface area contributed by atoms with Crippen molar-refractivity contribution in [3.63, 3.8) is 0 Å². The second kappa shape index (κ2) is 4.11. The Kier molecular flexibility index (Phi) is 2.65.